The third-order valence-corrected chi connectivity index (χ3v) is 3.02. The third kappa shape index (κ3) is 6.95. The number of urea groups is 1. The van der Waals surface area contributed by atoms with E-state index in [-0.39, 0.29) is 12.6 Å². The molecule has 118 valence electrons. The highest BCUT2D eigenvalue weighted by molar-refractivity contribution is 5.74. The van der Waals surface area contributed by atoms with Crippen LogP contribution in [0, 0.1) is 0 Å². The van der Waals surface area contributed by atoms with Gasteiger partial charge < -0.3 is 15.0 Å². The fraction of sp³-hybridized carbons (Fsp3) is 0.917. The van der Waals surface area contributed by atoms with Crippen LogP contribution in [0.4, 0.5) is 18.0 Å². The first-order chi connectivity index (χ1) is 9.42. The van der Waals surface area contributed by atoms with E-state index in [9.17, 15) is 18.0 Å². The van der Waals surface area contributed by atoms with Gasteiger partial charge in [0.15, 0.2) is 0 Å². The summed E-state index contributed by atoms with van der Waals surface area (Å²) < 4.78 is 40.1. The highest BCUT2D eigenvalue weighted by Gasteiger charge is 2.27. The smallest absolute Gasteiger partial charge is 0.372 e. The second-order valence-corrected chi connectivity index (χ2v) is 4.69. The molecule has 0 aromatic rings. The van der Waals surface area contributed by atoms with Gasteiger partial charge in [-0.1, -0.05) is 0 Å². The molecule has 8 heteroatoms. The highest BCUT2D eigenvalue weighted by atomic mass is 19.4. The zero-order valence-electron chi connectivity index (χ0n) is 11.7. The number of ether oxygens (including phenoxy) is 1. The minimum Gasteiger partial charge on any atom is -0.372 e. The molecule has 5 nitrogen and oxygen atoms in total. The fourth-order valence-corrected chi connectivity index (χ4v) is 2.02. The molecule has 0 aromatic carbocycles. The summed E-state index contributed by atoms with van der Waals surface area (Å²) in [6, 6.07) is -0.0549. The fourth-order valence-electron chi connectivity index (χ4n) is 2.02. The van der Waals surface area contributed by atoms with Crippen LogP contribution in [0.3, 0.4) is 0 Å². The number of carbonyl (C=O) groups excluding carboxylic acids is 1. The lowest BCUT2D eigenvalue weighted by atomic mass is 10.3. The third-order valence-electron chi connectivity index (χ3n) is 3.02. The molecule has 1 heterocycles. The summed E-state index contributed by atoms with van der Waals surface area (Å²) in [6.07, 6.45) is -3.69. The van der Waals surface area contributed by atoms with Crippen molar-refractivity contribution in [3.05, 3.63) is 0 Å². The molecule has 0 atom stereocenters. The van der Waals surface area contributed by atoms with Gasteiger partial charge in [-0.15, -0.1) is 0 Å². The molecule has 0 bridgehead atoms. The quantitative estimate of drug-likeness (QED) is 0.752. The Hall–Kier alpha value is -1.02. The Kier molecular flexibility index (Phi) is 7.08. The van der Waals surface area contributed by atoms with E-state index in [1.807, 2.05) is 6.92 Å². The summed E-state index contributed by atoms with van der Waals surface area (Å²) in [7, 11) is 0. The minimum atomic E-state index is -4.25. The molecule has 0 unspecified atom stereocenters. The Bertz CT molecular complexity index is 292. The molecule has 1 N–H and O–H groups in total. The number of nitrogens with zero attached hydrogens (tertiary/aromatic N) is 2. The first-order valence-corrected chi connectivity index (χ1v) is 6.82. The number of hydrogen-bond acceptors (Lipinski definition) is 3. The first-order valence-electron chi connectivity index (χ1n) is 6.82. The van der Waals surface area contributed by atoms with Crippen LogP contribution in [-0.4, -0.2) is 74.5 Å². The van der Waals surface area contributed by atoms with Crippen molar-refractivity contribution in [2.75, 3.05) is 52.5 Å². The lowest BCUT2D eigenvalue weighted by Gasteiger charge is -2.34. The van der Waals surface area contributed by atoms with E-state index in [0.717, 1.165) is 13.1 Å². The Morgan fingerprint density at radius 1 is 1.25 bits per heavy atom. The lowest BCUT2D eigenvalue weighted by molar-refractivity contribution is -0.174. The van der Waals surface area contributed by atoms with Crippen LogP contribution >= 0.6 is 0 Å². The van der Waals surface area contributed by atoms with Crippen molar-refractivity contribution in [2.24, 2.45) is 0 Å². The molecule has 0 spiro atoms. The van der Waals surface area contributed by atoms with E-state index in [1.165, 1.54) is 0 Å². The molecular weight excluding hydrogens is 275 g/mol. The van der Waals surface area contributed by atoms with Crippen molar-refractivity contribution in [1.29, 1.82) is 0 Å². The molecule has 1 saturated heterocycles. The van der Waals surface area contributed by atoms with Gasteiger partial charge in [-0.25, -0.2) is 4.79 Å². The molecule has 0 saturated carbocycles. The molecule has 1 rings (SSSR count). The number of rotatable bonds is 6. The maximum atomic E-state index is 11.8. The van der Waals surface area contributed by atoms with Gasteiger partial charge in [0.2, 0.25) is 0 Å². The Morgan fingerprint density at radius 3 is 2.45 bits per heavy atom. The van der Waals surface area contributed by atoms with Crippen molar-refractivity contribution < 1.29 is 22.7 Å². The van der Waals surface area contributed by atoms with Crippen molar-refractivity contribution in [3.63, 3.8) is 0 Å². The summed E-state index contributed by atoms with van der Waals surface area (Å²) in [5.74, 6) is 0. The lowest BCUT2D eigenvalue weighted by Crippen LogP contribution is -2.51. The van der Waals surface area contributed by atoms with Gasteiger partial charge in [0.25, 0.3) is 0 Å². The summed E-state index contributed by atoms with van der Waals surface area (Å²) in [6.45, 7) is 4.89. The van der Waals surface area contributed by atoms with E-state index in [2.05, 4.69) is 15.0 Å². The molecule has 20 heavy (non-hydrogen) atoms. The number of alkyl halides is 3. The normalized spacial score (nSPS) is 17.3. The molecule has 2 amide bonds. The van der Waals surface area contributed by atoms with Crippen LogP contribution in [0.1, 0.15) is 13.3 Å². The monoisotopic (exact) mass is 297 g/mol. The van der Waals surface area contributed by atoms with Crippen LogP contribution in [0.5, 0.6) is 0 Å². The molecule has 1 aliphatic rings. The van der Waals surface area contributed by atoms with Crippen LogP contribution in [0.25, 0.3) is 0 Å². The SMILES string of the molecule is CCNC(=O)N1CCN(CCCOCC(F)(F)F)CC1. The number of hydrogen-bond donors (Lipinski definition) is 1. The zero-order chi connectivity index (χ0) is 15.0. The van der Waals surface area contributed by atoms with E-state index in [1.54, 1.807) is 4.90 Å². The van der Waals surface area contributed by atoms with Crippen LogP contribution < -0.4 is 5.32 Å². The predicted octanol–water partition coefficient (Wildman–Crippen LogP) is 1.30. The molecule has 0 aliphatic carbocycles. The van der Waals surface area contributed by atoms with Gasteiger partial charge >= 0.3 is 12.2 Å². The number of carbonyl (C=O) groups is 1. The van der Waals surface area contributed by atoms with Gasteiger partial charge in [-0.2, -0.15) is 13.2 Å². The second-order valence-electron chi connectivity index (χ2n) is 4.69. The number of nitrogens with one attached hydrogen (secondary N) is 1. The molecular formula is C12H22F3N3O2. The van der Waals surface area contributed by atoms with Gasteiger partial charge in [0.1, 0.15) is 6.61 Å². The number of amides is 2. The maximum absolute atomic E-state index is 11.8. The van der Waals surface area contributed by atoms with E-state index in [0.29, 0.717) is 32.6 Å². The largest absolute Gasteiger partial charge is 0.411 e. The molecule has 1 aliphatic heterocycles. The van der Waals surface area contributed by atoms with Gasteiger partial charge in [0.05, 0.1) is 0 Å². The summed E-state index contributed by atoms with van der Waals surface area (Å²) >= 11 is 0. The van der Waals surface area contributed by atoms with Gasteiger partial charge in [-0.05, 0) is 13.3 Å². The summed E-state index contributed by atoms with van der Waals surface area (Å²) in [5, 5.41) is 2.75. The number of piperazine rings is 1. The van der Waals surface area contributed by atoms with E-state index >= 15 is 0 Å². The standard InChI is InChI=1S/C12H22F3N3O2/c1-2-16-11(19)18-7-5-17(6-8-18)4-3-9-20-10-12(13,14)15/h2-10H2,1H3,(H,16,19). The van der Waals surface area contributed by atoms with E-state index < -0.39 is 12.8 Å². The predicted molar refractivity (Wildman–Crippen MR) is 68.6 cm³/mol. The minimum absolute atomic E-state index is 0.0549. The van der Waals surface area contributed by atoms with Crippen LogP contribution in [0.2, 0.25) is 0 Å². The van der Waals surface area contributed by atoms with Crippen molar-refractivity contribution in [2.45, 2.75) is 19.5 Å². The second kappa shape index (κ2) is 8.31. The van der Waals surface area contributed by atoms with Gasteiger partial charge in [-0.3, -0.25) is 4.90 Å². The topological polar surface area (TPSA) is 44.8 Å². The maximum Gasteiger partial charge on any atom is 0.411 e. The van der Waals surface area contributed by atoms with E-state index in [4.69, 9.17) is 0 Å². The highest BCUT2D eigenvalue weighted by Crippen LogP contribution is 2.14. The van der Waals surface area contributed by atoms with Crippen LogP contribution in [0.15, 0.2) is 0 Å². The Morgan fingerprint density at radius 2 is 1.90 bits per heavy atom. The average molecular weight is 297 g/mol. The summed E-state index contributed by atoms with van der Waals surface area (Å²) in [4.78, 5) is 15.4. The van der Waals surface area contributed by atoms with Crippen molar-refractivity contribution >= 4 is 6.03 Å². The molecule has 0 aromatic heterocycles. The Labute approximate surface area is 117 Å². The van der Waals surface area contributed by atoms with Crippen molar-refractivity contribution in [3.8, 4) is 0 Å². The van der Waals surface area contributed by atoms with Crippen LogP contribution in [-0.2, 0) is 4.74 Å². The zero-order valence-corrected chi connectivity index (χ0v) is 11.7. The first kappa shape index (κ1) is 17.0. The number of halogens is 3. The summed E-state index contributed by atoms with van der Waals surface area (Å²) in [5.41, 5.74) is 0. The Balaban J connectivity index is 2.06. The average Bonchev–Trinajstić information content (AvgIpc) is 2.38. The van der Waals surface area contributed by atoms with Gasteiger partial charge in [0, 0.05) is 45.9 Å². The molecule has 1 fully saturated rings. The molecule has 0 radical (unpaired) electrons. The van der Waals surface area contributed by atoms with Crippen molar-refractivity contribution in [1.82, 2.24) is 15.1 Å².